The smallest absolute Gasteiger partial charge is 0.282 e. The normalized spacial score (nSPS) is 11.8. The molecule has 3 aromatic heterocycles. The number of H-pyrrole nitrogens is 1. The molecule has 38 heavy (non-hydrogen) atoms. The van der Waals surface area contributed by atoms with E-state index < -0.39 is 8.07 Å². The highest BCUT2D eigenvalue weighted by molar-refractivity contribution is 6.76. The van der Waals surface area contributed by atoms with Gasteiger partial charge in [0.15, 0.2) is 5.65 Å². The fourth-order valence-corrected chi connectivity index (χ4v) is 5.44. The molecule has 0 unspecified atom stereocenters. The third-order valence-electron chi connectivity index (χ3n) is 6.82. The molecule has 0 aliphatic carbocycles. The lowest BCUT2D eigenvalue weighted by Gasteiger charge is -2.20. The summed E-state index contributed by atoms with van der Waals surface area (Å²) in [7, 11) is 0.377. The molecule has 0 bridgehead atoms. The second-order valence-electron chi connectivity index (χ2n) is 10.7. The van der Waals surface area contributed by atoms with Crippen LogP contribution >= 0.6 is 0 Å². The van der Waals surface area contributed by atoms with Gasteiger partial charge in [-0.3, -0.25) is 4.79 Å². The second kappa shape index (κ2) is 10.5. The van der Waals surface area contributed by atoms with Crippen molar-refractivity contribution in [2.75, 3.05) is 13.7 Å². The van der Waals surface area contributed by atoms with Crippen molar-refractivity contribution in [3.8, 4) is 39.3 Å². The van der Waals surface area contributed by atoms with E-state index in [0.29, 0.717) is 18.9 Å². The number of ether oxygens (including phenoxy) is 2. The Labute approximate surface area is 223 Å². The highest BCUT2D eigenvalue weighted by Gasteiger charge is 2.25. The fraction of sp³-hybridized carbons (Fsp3) is 0.267. The number of aromatic nitrogens is 4. The maximum absolute atomic E-state index is 14.1. The second-order valence-corrected chi connectivity index (χ2v) is 16.3. The maximum atomic E-state index is 14.1. The van der Waals surface area contributed by atoms with Crippen LogP contribution in [0.25, 0.3) is 39.2 Å². The van der Waals surface area contributed by atoms with Crippen molar-refractivity contribution in [1.29, 1.82) is 0 Å². The molecule has 0 aliphatic heterocycles. The van der Waals surface area contributed by atoms with Crippen molar-refractivity contribution >= 4 is 13.7 Å². The summed E-state index contributed by atoms with van der Waals surface area (Å²) in [5.74, 6) is 0.739. The Bertz CT molecular complexity index is 1600. The number of benzene rings is 2. The minimum absolute atomic E-state index is 0.167. The van der Waals surface area contributed by atoms with E-state index in [1.165, 1.54) is 0 Å². The van der Waals surface area contributed by atoms with Crippen molar-refractivity contribution in [2.45, 2.75) is 39.3 Å². The van der Waals surface area contributed by atoms with Gasteiger partial charge in [-0.25, -0.2) is 0 Å². The molecule has 0 amide bonds. The molecule has 5 rings (SSSR count). The van der Waals surface area contributed by atoms with Gasteiger partial charge in [0.05, 0.1) is 18.2 Å². The number of rotatable bonds is 9. The van der Waals surface area contributed by atoms with Gasteiger partial charge in [-0.15, -0.1) is 0 Å². The molecule has 0 radical (unpaired) electrons. The zero-order valence-electron chi connectivity index (χ0n) is 22.6. The summed E-state index contributed by atoms with van der Waals surface area (Å²) in [4.78, 5) is 17.3. The quantitative estimate of drug-likeness (QED) is 0.177. The first-order valence-electron chi connectivity index (χ1n) is 12.9. The number of nitrogens with zero attached hydrogens (tertiary/aromatic N) is 3. The van der Waals surface area contributed by atoms with Gasteiger partial charge in [-0.05, 0) is 36.7 Å². The highest BCUT2D eigenvalue weighted by Crippen LogP contribution is 2.36. The van der Waals surface area contributed by atoms with Gasteiger partial charge < -0.3 is 19.0 Å². The minimum atomic E-state index is -1.26. The molecule has 0 saturated heterocycles. The molecule has 0 aliphatic rings. The average molecular weight is 527 g/mol. The predicted octanol–water partition coefficient (Wildman–Crippen LogP) is 6.45. The zero-order valence-corrected chi connectivity index (χ0v) is 23.6. The third kappa shape index (κ3) is 4.97. The molecule has 7 nitrogen and oxygen atoms in total. The van der Waals surface area contributed by atoms with Gasteiger partial charge in [0.2, 0.25) is 0 Å². The molecule has 5 aromatic rings. The van der Waals surface area contributed by atoms with Gasteiger partial charge in [0, 0.05) is 43.9 Å². The van der Waals surface area contributed by atoms with E-state index in [-0.39, 0.29) is 5.56 Å². The van der Waals surface area contributed by atoms with Crippen LogP contribution in [-0.2, 0) is 11.5 Å². The van der Waals surface area contributed by atoms with Gasteiger partial charge in [0.25, 0.3) is 5.56 Å². The van der Waals surface area contributed by atoms with Crippen molar-refractivity contribution in [1.82, 2.24) is 19.2 Å². The highest BCUT2D eigenvalue weighted by atomic mass is 28.3. The van der Waals surface area contributed by atoms with Crippen molar-refractivity contribution in [3.63, 3.8) is 0 Å². The molecule has 2 aromatic carbocycles. The van der Waals surface area contributed by atoms with E-state index in [4.69, 9.17) is 14.6 Å². The van der Waals surface area contributed by atoms with E-state index in [1.807, 2.05) is 80.0 Å². The van der Waals surface area contributed by atoms with Gasteiger partial charge in [-0.2, -0.15) is 9.61 Å². The lowest BCUT2D eigenvalue weighted by atomic mass is 10.0. The molecular formula is C30H34N4O3Si. The first-order chi connectivity index (χ1) is 18.3. The van der Waals surface area contributed by atoms with E-state index in [0.717, 1.165) is 51.1 Å². The van der Waals surface area contributed by atoms with Crippen LogP contribution in [0.4, 0.5) is 0 Å². The van der Waals surface area contributed by atoms with Gasteiger partial charge >= 0.3 is 0 Å². The number of hydrogen-bond donors (Lipinski definition) is 1. The predicted molar refractivity (Wildman–Crippen MR) is 156 cm³/mol. The Hall–Kier alpha value is -3.88. The van der Waals surface area contributed by atoms with Crippen LogP contribution in [0.5, 0.6) is 5.75 Å². The first-order valence-corrected chi connectivity index (χ1v) is 16.6. The summed E-state index contributed by atoms with van der Waals surface area (Å²) in [6.07, 6.45) is 3.83. The largest absolute Gasteiger partial charge is 0.497 e. The number of aromatic amines is 1. The number of nitrogens with one attached hydrogen (secondary N) is 1. The van der Waals surface area contributed by atoms with Crippen LogP contribution in [-0.4, -0.2) is 41.0 Å². The lowest BCUT2D eigenvalue weighted by molar-refractivity contribution is 0.0878. The van der Waals surface area contributed by atoms with Crippen molar-refractivity contribution < 1.29 is 9.47 Å². The van der Waals surface area contributed by atoms with Gasteiger partial charge in [-0.1, -0.05) is 62.1 Å². The molecule has 0 atom stereocenters. The molecule has 0 saturated carbocycles. The van der Waals surface area contributed by atoms with Crippen molar-refractivity contribution in [3.05, 3.63) is 89.1 Å². The zero-order chi connectivity index (χ0) is 26.9. The Morgan fingerprint density at radius 1 is 0.921 bits per heavy atom. The Morgan fingerprint density at radius 3 is 2.29 bits per heavy atom. The molecule has 0 fully saturated rings. The Balaban J connectivity index is 1.78. The van der Waals surface area contributed by atoms with Crippen LogP contribution in [0.15, 0.2) is 77.9 Å². The molecular weight excluding hydrogens is 492 g/mol. The molecule has 8 heteroatoms. The Morgan fingerprint density at radius 2 is 1.66 bits per heavy atom. The topological polar surface area (TPSA) is 73.6 Å². The third-order valence-corrected chi connectivity index (χ3v) is 8.52. The van der Waals surface area contributed by atoms with E-state index in [9.17, 15) is 4.79 Å². The maximum Gasteiger partial charge on any atom is 0.282 e. The molecule has 3 heterocycles. The van der Waals surface area contributed by atoms with E-state index in [1.54, 1.807) is 11.6 Å². The number of hydrogen-bond acceptors (Lipinski definition) is 4. The van der Waals surface area contributed by atoms with Crippen LogP contribution in [0.1, 0.15) is 5.69 Å². The van der Waals surface area contributed by atoms with Crippen LogP contribution in [0.3, 0.4) is 0 Å². The summed E-state index contributed by atoms with van der Waals surface area (Å²) in [6.45, 7) is 10.0. The lowest BCUT2D eigenvalue weighted by Crippen LogP contribution is -2.25. The monoisotopic (exact) mass is 526 g/mol. The van der Waals surface area contributed by atoms with Gasteiger partial charge in [0.1, 0.15) is 18.2 Å². The minimum Gasteiger partial charge on any atom is -0.497 e. The summed E-state index contributed by atoms with van der Waals surface area (Å²) in [5, 5.41) is 4.92. The molecule has 196 valence electrons. The standard InChI is InChI=1S/C30H34N4O3Si/c1-21-26(22-11-13-25(36-2)14-12-22)30(35)34-29(33(21)20-37-17-18-38(3,4)5)27(24-15-16-31-19-24)28(32-34)23-9-7-6-8-10-23/h6-16,19,31H,17-18,20H2,1-5H3. The summed E-state index contributed by atoms with van der Waals surface area (Å²) >= 11 is 0. The number of fused-ring (bicyclic) bond motifs is 1. The Kier molecular flexibility index (Phi) is 7.10. The van der Waals surface area contributed by atoms with E-state index >= 15 is 0 Å². The SMILES string of the molecule is COc1ccc(-c2c(C)n(COCC[Si](C)(C)C)c3c(-c4cc[nH]c4)c(-c4ccccc4)nn3c2=O)cc1. The number of methoxy groups -OCH3 is 1. The first kappa shape index (κ1) is 25.8. The molecule has 0 spiro atoms. The van der Waals surface area contributed by atoms with Crippen LogP contribution in [0.2, 0.25) is 25.7 Å². The average Bonchev–Trinajstić information content (AvgIpc) is 3.57. The van der Waals surface area contributed by atoms with Crippen molar-refractivity contribution in [2.24, 2.45) is 0 Å². The summed E-state index contributed by atoms with van der Waals surface area (Å²) in [5.41, 5.74) is 6.35. The summed E-state index contributed by atoms with van der Waals surface area (Å²) < 4.78 is 15.2. The van der Waals surface area contributed by atoms with E-state index in [2.05, 4.69) is 29.2 Å². The van der Waals surface area contributed by atoms with Crippen LogP contribution in [0, 0.1) is 6.92 Å². The van der Waals surface area contributed by atoms with Crippen LogP contribution < -0.4 is 10.3 Å². The fourth-order valence-electron chi connectivity index (χ4n) is 4.68. The summed E-state index contributed by atoms with van der Waals surface area (Å²) in [6, 6.07) is 20.6. The molecule has 1 N–H and O–H groups in total.